The van der Waals surface area contributed by atoms with E-state index < -0.39 is 0 Å². The van der Waals surface area contributed by atoms with Gasteiger partial charge in [-0.2, -0.15) is 0 Å². The van der Waals surface area contributed by atoms with Gasteiger partial charge in [-0.3, -0.25) is 9.69 Å². The van der Waals surface area contributed by atoms with Crippen LogP contribution in [0, 0.1) is 0 Å². The lowest BCUT2D eigenvalue weighted by atomic mass is 10.1. The van der Waals surface area contributed by atoms with Crippen LogP contribution >= 0.6 is 11.6 Å². The quantitative estimate of drug-likeness (QED) is 0.663. The summed E-state index contributed by atoms with van der Waals surface area (Å²) in [7, 11) is 3.28. The minimum absolute atomic E-state index is 0.0669. The summed E-state index contributed by atoms with van der Waals surface area (Å²) in [6, 6.07) is 13.5. The summed E-state index contributed by atoms with van der Waals surface area (Å²) in [6.45, 7) is 1.78. The Morgan fingerprint density at radius 3 is 2.75 bits per heavy atom. The first-order chi connectivity index (χ1) is 13.5. The molecular formula is C21H26ClN3O3. The number of anilines is 1. The molecule has 3 rings (SSSR count). The van der Waals surface area contributed by atoms with Gasteiger partial charge in [0, 0.05) is 38.8 Å². The molecule has 7 heteroatoms. The Labute approximate surface area is 170 Å². The highest BCUT2D eigenvalue weighted by atomic mass is 35.5. The molecule has 0 unspecified atom stereocenters. The number of hydrogen-bond acceptors (Lipinski definition) is 5. The van der Waals surface area contributed by atoms with Crippen LogP contribution in [-0.4, -0.2) is 55.3 Å². The zero-order valence-corrected chi connectivity index (χ0v) is 16.9. The topological polar surface area (TPSA) is 73.8 Å². The lowest BCUT2D eigenvalue weighted by Crippen LogP contribution is -2.39. The number of carbonyl (C=O) groups is 1. The molecule has 0 radical (unpaired) electrons. The molecule has 2 atom stereocenters. The number of aliphatic hydroxyl groups is 1. The fraction of sp³-hybridized carbons (Fsp3) is 0.381. The fourth-order valence-corrected chi connectivity index (χ4v) is 3.84. The first-order valence-corrected chi connectivity index (χ1v) is 9.69. The maximum Gasteiger partial charge on any atom is 0.255 e. The highest BCUT2D eigenvalue weighted by Gasteiger charge is 2.31. The van der Waals surface area contributed by atoms with E-state index in [1.807, 2.05) is 18.2 Å². The number of β-amino-alcohol motifs (C(OH)–C–C–N with tert-alkyl or cyclic N) is 1. The van der Waals surface area contributed by atoms with Gasteiger partial charge in [0.25, 0.3) is 5.91 Å². The largest absolute Gasteiger partial charge is 0.496 e. The third kappa shape index (κ3) is 4.76. The molecular weight excluding hydrogens is 378 g/mol. The lowest BCUT2D eigenvalue weighted by molar-refractivity contribution is 0.0937. The molecule has 1 heterocycles. The van der Waals surface area contributed by atoms with Crippen LogP contribution in [0.3, 0.4) is 0 Å². The molecule has 6 nitrogen and oxygen atoms in total. The molecule has 0 aromatic heterocycles. The number of nitrogens with zero attached hydrogens (tertiary/aromatic N) is 1. The minimum atomic E-state index is -0.385. The van der Waals surface area contributed by atoms with Crippen molar-refractivity contribution in [2.75, 3.05) is 32.6 Å². The van der Waals surface area contributed by atoms with Crippen LogP contribution < -0.4 is 15.4 Å². The number of carbonyl (C=O) groups excluding carboxylic acids is 1. The molecule has 2 aromatic rings. The van der Waals surface area contributed by atoms with E-state index in [-0.39, 0.29) is 18.1 Å². The lowest BCUT2D eigenvalue weighted by Gasteiger charge is -2.24. The Balaban J connectivity index is 1.67. The van der Waals surface area contributed by atoms with Crippen molar-refractivity contribution in [2.24, 2.45) is 0 Å². The average molecular weight is 404 g/mol. The van der Waals surface area contributed by atoms with Crippen molar-refractivity contribution in [3.05, 3.63) is 58.6 Å². The van der Waals surface area contributed by atoms with E-state index >= 15 is 0 Å². The van der Waals surface area contributed by atoms with Crippen molar-refractivity contribution in [3.63, 3.8) is 0 Å². The number of methoxy groups -OCH3 is 1. The number of rotatable bonds is 7. The normalized spacial score (nSPS) is 19.4. The molecule has 1 aliphatic rings. The highest BCUT2D eigenvalue weighted by molar-refractivity contribution is 6.33. The number of ether oxygens (including phenoxy) is 1. The van der Waals surface area contributed by atoms with E-state index in [9.17, 15) is 9.90 Å². The molecule has 0 saturated carbocycles. The van der Waals surface area contributed by atoms with Crippen LogP contribution in [0.1, 0.15) is 22.3 Å². The number of likely N-dealkylation sites (tertiary alicyclic amines) is 1. The number of nitrogens with one attached hydrogen (secondary N) is 2. The van der Waals surface area contributed by atoms with Crippen molar-refractivity contribution < 1.29 is 14.6 Å². The number of benzene rings is 2. The number of aliphatic hydroxyl groups excluding tert-OH is 1. The number of amides is 1. The van der Waals surface area contributed by atoms with Crippen molar-refractivity contribution in [1.82, 2.24) is 10.2 Å². The van der Waals surface area contributed by atoms with Crippen LogP contribution in [0.15, 0.2) is 42.5 Å². The standard InChI is InChI=1S/C21H26ClN3O3/c1-23-19-10-20(28-2)17(9-18(19)22)21(27)24-11-15-8-16(26)13-25(15)12-14-6-4-3-5-7-14/h3-7,9-10,15-16,23,26H,8,11-13H2,1-2H3,(H,24,27)/t15-,16+/m0/s1. The smallest absolute Gasteiger partial charge is 0.255 e. The molecule has 0 spiro atoms. The summed E-state index contributed by atoms with van der Waals surface area (Å²) >= 11 is 6.22. The molecule has 1 amide bonds. The van der Waals surface area contributed by atoms with Gasteiger partial charge in [-0.05, 0) is 18.1 Å². The predicted molar refractivity (Wildman–Crippen MR) is 111 cm³/mol. The molecule has 2 aromatic carbocycles. The van der Waals surface area contributed by atoms with Gasteiger partial charge in [-0.25, -0.2) is 0 Å². The predicted octanol–water partition coefficient (Wildman–Crippen LogP) is 2.76. The van der Waals surface area contributed by atoms with E-state index in [1.54, 1.807) is 19.2 Å². The van der Waals surface area contributed by atoms with Gasteiger partial charge in [0.15, 0.2) is 0 Å². The van der Waals surface area contributed by atoms with Gasteiger partial charge in [-0.1, -0.05) is 41.9 Å². The SMILES string of the molecule is CNc1cc(OC)c(C(=O)NC[C@@H]2C[C@@H](O)CN2Cc2ccccc2)cc1Cl. The van der Waals surface area contributed by atoms with Gasteiger partial charge in [0.1, 0.15) is 5.75 Å². The molecule has 3 N–H and O–H groups in total. The monoisotopic (exact) mass is 403 g/mol. The van der Waals surface area contributed by atoms with Gasteiger partial charge in [0.05, 0.1) is 29.5 Å². The summed E-state index contributed by atoms with van der Waals surface area (Å²) in [5.41, 5.74) is 2.27. The molecule has 28 heavy (non-hydrogen) atoms. The van der Waals surface area contributed by atoms with Crippen molar-refractivity contribution in [2.45, 2.75) is 25.1 Å². The Kier molecular flexibility index (Phi) is 6.78. The summed E-state index contributed by atoms with van der Waals surface area (Å²) in [4.78, 5) is 14.9. The van der Waals surface area contributed by atoms with Crippen LogP contribution in [0.4, 0.5) is 5.69 Å². The Morgan fingerprint density at radius 2 is 2.07 bits per heavy atom. The molecule has 150 valence electrons. The Bertz CT molecular complexity index is 816. The van der Waals surface area contributed by atoms with Crippen LogP contribution in [-0.2, 0) is 6.54 Å². The van der Waals surface area contributed by atoms with Crippen molar-refractivity contribution >= 4 is 23.2 Å². The zero-order chi connectivity index (χ0) is 20.1. The van der Waals surface area contributed by atoms with E-state index in [1.165, 1.54) is 12.7 Å². The first-order valence-electron chi connectivity index (χ1n) is 9.31. The highest BCUT2D eigenvalue weighted by Crippen LogP contribution is 2.30. The van der Waals surface area contributed by atoms with Crippen molar-refractivity contribution in [3.8, 4) is 5.75 Å². The molecule has 1 fully saturated rings. The van der Waals surface area contributed by atoms with Gasteiger partial charge >= 0.3 is 0 Å². The Morgan fingerprint density at radius 1 is 1.32 bits per heavy atom. The number of halogens is 1. The molecule has 0 aliphatic carbocycles. The van der Waals surface area contributed by atoms with E-state index in [0.29, 0.717) is 41.5 Å². The third-order valence-electron chi connectivity index (χ3n) is 5.04. The molecule has 0 bridgehead atoms. The zero-order valence-electron chi connectivity index (χ0n) is 16.1. The first kappa shape index (κ1) is 20.5. The average Bonchev–Trinajstić information content (AvgIpc) is 3.05. The third-order valence-corrected chi connectivity index (χ3v) is 5.35. The van der Waals surface area contributed by atoms with Crippen molar-refractivity contribution in [1.29, 1.82) is 0 Å². The molecule has 1 aliphatic heterocycles. The van der Waals surface area contributed by atoms with Gasteiger partial charge in [0.2, 0.25) is 0 Å². The van der Waals surface area contributed by atoms with Crippen LogP contribution in [0.5, 0.6) is 5.75 Å². The maximum atomic E-state index is 12.7. The van der Waals surface area contributed by atoms with E-state index in [2.05, 4.69) is 27.7 Å². The van der Waals surface area contributed by atoms with E-state index in [4.69, 9.17) is 16.3 Å². The van der Waals surface area contributed by atoms with Crippen LogP contribution in [0.25, 0.3) is 0 Å². The second kappa shape index (κ2) is 9.28. The number of hydrogen-bond donors (Lipinski definition) is 3. The Hall–Kier alpha value is -2.28. The summed E-state index contributed by atoms with van der Waals surface area (Å²) < 4.78 is 5.34. The maximum absolute atomic E-state index is 12.7. The van der Waals surface area contributed by atoms with Gasteiger partial charge in [-0.15, -0.1) is 0 Å². The van der Waals surface area contributed by atoms with Crippen LogP contribution in [0.2, 0.25) is 5.02 Å². The summed E-state index contributed by atoms with van der Waals surface area (Å²) in [6.07, 6.45) is 0.244. The minimum Gasteiger partial charge on any atom is -0.496 e. The van der Waals surface area contributed by atoms with Gasteiger partial charge < -0.3 is 20.5 Å². The second-order valence-corrected chi connectivity index (χ2v) is 7.36. The van der Waals surface area contributed by atoms with E-state index in [0.717, 1.165) is 6.54 Å². The summed E-state index contributed by atoms with van der Waals surface area (Å²) in [5.74, 6) is 0.210. The molecule has 1 saturated heterocycles. The fourth-order valence-electron chi connectivity index (χ4n) is 3.58. The second-order valence-electron chi connectivity index (χ2n) is 6.95. The summed E-state index contributed by atoms with van der Waals surface area (Å²) in [5, 5.41) is 16.5.